The zero-order valence-electron chi connectivity index (χ0n) is 11.1. The minimum Gasteiger partial charge on any atom is -0.365 e. The number of benzene rings is 2. The maximum atomic E-state index is 11.0. The topological polar surface area (TPSA) is 81.0 Å². The molecule has 0 aliphatic carbocycles. The first kappa shape index (κ1) is 13.0. The quantitative estimate of drug-likeness (QED) is 0.586. The van der Waals surface area contributed by atoms with Gasteiger partial charge in [0.2, 0.25) is 0 Å². The number of para-hydroxylation sites is 2. The summed E-state index contributed by atoms with van der Waals surface area (Å²) in [6.07, 6.45) is 1.48. The van der Waals surface area contributed by atoms with Crippen LogP contribution >= 0.6 is 0 Å². The van der Waals surface area contributed by atoms with Gasteiger partial charge in [0.1, 0.15) is 12.1 Å². The van der Waals surface area contributed by atoms with Crippen LogP contribution in [0.5, 0.6) is 0 Å². The summed E-state index contributed by atoms with van der Waals surface area (Å²) in [5, 5.41) is 15.0. The Labute approximate surface area is 120 Å². The molecule has 0 bridgehead atoms. The van der Waals surface area contributed by atoms with Gasteiger partial charge in [0.05, 0.1) is 10.4 Å². The molecular weight excluding hydrogens is 268 g/mol. The zero-order chi connectivity index (χ0) is 14.7. The monoisotopic (exact) mass is 280 g/mol. The highest BCUT2D eigenvalue weighted by atomic mass is 16.6. The third-order valence-corrected chi connectivity index (χ3v) is 3.18. The van der Waals surface area contributed by atoms with Gasteiger partial charge in [-0.2, -0.15) is 0 Å². The van der Waals surface area contributed by atoms with Crippen molar-refractivity contribution in [2.75, 3.05) is 5.32 Å². The van der Waals surface area contributed by atoms with Gasteiger partial charge in [-0.1, -0.05) is 30.3 Å². The molecule has 2 aromatic carbocycles. The minimum absolute atomic E-state index is 0.100. The first-order chi connectivity index (χ1) is 10.3. The smallest absolute Gasteiger partial charge is 0.274 e. The van der Waals surface area contributed by atoms with Gasteiger partial charge in [0.15, 0.2) is 0 Å². The van der Waals surface area contributed by atoms with Crippen LogP contribution in [-0.4, -0.2) is 14.9 Å². The summed E-state index contributed by atoms with van der Waals surface area (Å²) in [5.41, 5.74) is 1.55. The predicted octanol–water partition coefficient (Wildman–Crippen LogP) is 3.15. The molecule has 21 heavy (non-hydrogen) atoms. The second-order valence-electron chi connectivity index (χ2n) is 4.48. The molecule has 0 saturated carbocycles. The van der Waals surface area contributed by atoms with E-state index < -0.39 is 0 Å². The van der Waals surface area contributed by atoms with Crippen molar-refractivity contribution in [3.05, 3.63) is 70.5 Å². The van der Waals surface area contributed by atoms with Gasteiger partial charge < -0.3 is 5.32 Å². The molecule has 6 heteroatoms. The van der Waals surface area contributed by atoms with E-state index in [4.69, 9.17) is 0 Å². The van der Waals surface area contributed by atoms with Crippen LogP contribution in [0.3, 0.4) is 0 Å². The van der Waals surface area contributed by atoms with Gasteiger partial charge in [-0.05, 0) is 12.1 Å². The van der Waals surface area contributed by atoms with Crippen LogP contribution < -0.4 is 5.32 Å². The minimum atomic E-state index is -0.380. The van der Waals surface area contributed by atoms with Crippen molar-refractivity contribution in [3.63, 3.8) is 0 Å². The number of nitrogens with zero attached hydrogens (tertiary/aromatic N) is 3. The lowest BCUT2D eigenvalue weighted by Gasteiger charge is -2.08. The Hall–Kier alpha value is -3.02. The number of rotatable bonds is 4. The maximum absolute atomic E-state index is 11.0. The first-order valence-electron chi connectivity index (χ1n) is 6.41. The van der Waals surface area contributed by atoms with E-state index in [0.29, 0.717) is 17.9 Å². The molecule has 0 saturated heterocycles. The van der Waals surface area contributed by atoms with Crippen molar-refractivity contribution in [3.8, 4) is 0 Å². The van der Waals surface area contributed by atoms with Crippen LogP contribution in [0.25, 0.3) is 10.9 Å². The molecule has 1 N–H and O–H groups in total. The van der Waals surface area contributed by atoms with Crippen molar-refractivity contribution in [2.45, 2.75) is 6.54 Å². The Morgan fingerprint density at radius 1 is 1.05 bits per heavy atom. The molecule has 0 spiro atoms. The molecule has 0 amide bonds. The van der Waals surface area contributed by atoms with Crippen LogP contribution in [-0.2, 0) is 6.54 Å². The van der Waals surface area contributed by atoms with E-state index in [0.717, 1.165) is 10.9 Å². The first-order valence-corrected chi connectivity index (χ1v) is 6.41. The third-order valence-electron chi connectivity index (χ3n) is 3.18. The molecule has 0 fully saturated rings. The number of fused-ring (bicyclic) bond motifs is 1. The summed E-state index contributed by atoms with van der Waals surface area (Å²) in [5.74, 6) is 0.666. The van der Waals surface area contributed by atoms with Crippen LogP contribution in [0, 0.1) is 10.1 Å². The number of hydrogen-bond acceptors (Lipinski definition) is 5. The van der Waals surface area contributed by atoms with E-state index in [2.05, 4.69) is 15.3 Å². The molecule has 0 aliphatic rings. The molecule has 1 heterocycles. The third kappa shape index (κ3) is 2.64. The second-order valence-corrected chi connectivity index (χ2v) is 4.48. The van der Waals surface area contributed by atoms with Gasteiger partial charge in [0, 0.05) is 23.6 Å². The van der Waals surface area contributed by atoms with Gasteiger partial charge >= 0.3 is 0 Å². The van der Waals surface area contributed by atoms with E-state index in [9.17, 15) is 10.1 Å². The summed E-state index contributed by atoms with van der Waals surface area (Å²) in [6, 6.07) is 14.3. The molecule has 0 aliphatic heterocycles. The van der Waals surface area contributed by atoms with E-state index in [1.54, 1.807) is 18.2 Å². The Balaban J connectivity index is 1.89. The Kier molecular flexibility index (Phi) is 3.42. The fourth-order valence-electron chi connectivity index (χ4n) is 2.16. The van der Waals surface area contributed by atoms with E-state index in [-0.39, 0.29) is 10.6 Å². The summed E-state index contributed by atoms with van der Waals surface area (Å²) < 4.78 is 0. The fourth-order valence-corrected chi connectivity index (χ4v) is 2.16. The predicted molar refractivity (Wildman–Crippen MR) is 80.0 cm³/mol. The number of anilines is 1. The van der Waals surface area contributed by atoms with Crippen molar-refractivity contribution >= 4 is 22.4 Å². The van der Waals surface area contributed by atoms with Crippen LogP contribution in [0.15, 0.2) is 54.9 Å². The van der Waals surface area contributed by atoms with Crippen LogP contribution in [0.4, 0.5) is 11.5 Å². The summed E-state index contributed by atoms with van der Waals surface area (Å²) in [7, 11) is 0. The summed E-state index contributed by atoms with van der Waals surface area (Å²) in [6.45, 7) is 0.332. The molecule has 1 aromatic heterocycles. The summed E-state index contributed by atoms with van der Waals surface area (Å²) in [4.78, 5) is 19.0. The molecule has 3 rings (SSSR count). The fraction of sp³-hybridized carbons (Fsp3) is 0.0667. The SMILES string of the molecule is O=[N+]([O-])c1ccccc1CNc1ncnc2ccccc12. The summed E-state index contributed by atoms with van der Waals surface area (Å²) >= 11 is 0. The molecule has 0 unspecified atom stereocenters. The van der Waals surface area contributed by atoms with Gasteiger partial charge in [-0.3, -0.25) is 10.1 Å². The number of nitrogens with one attached hydrogen (secondary N) is 1. The van der Waals surface area contributed by atoms with Crippen molar-refractivity contribution in [1.29, 1.82) is 0 Å². The number of hydrogen-bond donors (Lipinski definition) is 1. The molecular formula is C15H12N4O2. The van der Waals surface area contributed by atoms with Gasteiger partial charge in [-0.15, -0.1) is 0 Å². The van der Waals surface area contributed by atoms with Crippen molar-refractivity contribution in [1.82, 2.24) is 9.97 Å². The van der Waals surface area contributed by atoms with Gasteiger partial charge in [-0.25, -0.2) is 9.97 Å². The number of nitro benzene ring substituents is 1. The average molecular weight is 280 g/mol. The Morgan fingerprint density at radius 3 is 2.67 bits per heavy atom. The van der Waals surface area contributed by atoms with Crippen LogP contribution in [0.2, 0.25) is 0 Å². The van der Waals surface area contributed by atoms with E-state index >= 15 is 0 Å². The lowest BCUT2D eigenvalue weighted by Crippen LogP contribution is -2.05. The molecule has 6 nitrogen and oxygen atoms in total. The highest BCUT2D eigenvalue weighted by Crippen LogP contribution is 2.22. The lowest BCUT2D eigenvalue weighted by molar-refractivity contribution is -0.385. The Morgan fingerprint density at radius 2 is 1.81 bits per heavy atom. The lowest BCUT2D eigenvalue weighted by atomic mass is 10.1. The average Bonchev–Trinajstić information content (AvgIpc) is 2.53. The Bertz CT molecular complexity index is 799. The second kappa shape index (κ2) is 5.54. The molecule has 0 atom stereocenters. The molecule has 3 aromatic rings. The highest BCUT2D eigenvalue weighted by Gasteiger charge is 2.12. The number of nitro groups is 1. The zero-order valence-corrected chi connectivity index (χ0v) is 11.1. The van der Waals surface area contributed by atoms with E-state index in [1.165, 1.54) is 12.4 Å². The van der Waals surface area contributed by atoms with Gasteiger partial charge in [0.25, 0.3) is 5.69 Å². The molecule has 0 radical (unpaired) electrons. The largest absolute Gasteiger partial charge is 0.365 e. The molecule has 104 valence electrons. The normalized spacial score (nSPS) is 10.5. The van der Waals surface area contributed by atoms with E-state index in [1.807, 2.05) is 24.3 Å². The van der Waals surface area contributed by atoms with Crippen molar-refractivity contribution in [2.24, 2.45) is 0 Å². The highest BCUT2D eigenvalue weighted by molar-refractivity contribution is 5.88. The van der Waals surface area contributed by atoms with Crippen molar-refractivity contribution < 1.29 is 4.92 Å². The maximum Gasteiger partial charge on any atom is 0.274 e. The standard InChI is InChI=1S/C15H12N4O2/c20-19(21)14-8-4-1-5-11(14)9-16-15-12-6-2-3-7-13(12)17-10-18-15/h1-8,10H,9H2,(H,16,17,18). The number of aromatic nitrogens is 2. The van der Waals surface area contributed by atoms with Crippen LogP contribution in [0.1, 0.15) is 5.56 Å².